The Morgan fingerprint density at radius 2 is 1.35 bits per heavy atom. The number of nitrogens with zero attached hydrogens (tertiary/aromatic N) is 2. The molecule has 1 aliphatic rings. The molecule has 0 unspecified atom stereocenters. The van der Waals surface area contributed by atoms with E-state index in [1.54, 1.807) is 0 Å². The van der Waals surface area contributed by atoms with E-state index in [4.69, 9.17) is 0 Å². The van der Waals surface area contributed by atoms with Crippen molar-refractivity contribution in [2.24, 2.45) is 0 Å². The summed E-state index contributed by atoms with van der Waals surface area (Å²) >= 11 is 0. The van der Waals surface area contributed by atoms with Crippen LogP contribution in [0.15, 0.2) is 133 Å². The van der Waals surface area contributed by atoms with Gasteiger partial charge in [-0.05, 0) is 64.6 Å². The van der Waals surface area contributed by atoms with Gasteiger partial charge in [-0.2, -0.15) is 4.58 Å². The van der Waals surface area contributed by atoms with Crippen LogP contribution in [-0.4, -0.2) is 29.2 Å². The van der Waals surface area contributed by atoms with Gasteiger partial charge in [0, 0.05) is 17.0 Å². The zero-order chi connectivity index (χ0) is 31.6. The van der Waals surface area contributed by atoms with Crippen molar-refractivity contribution in [1.29, 1.82) is 0 Å². The summed E-state index contributed by atoms with van der Waals surface area (Å²) in [7, 11) is -0.657. The molecule has 0 N–H and O–H groups in total. The van der Waals surface area contributed by atoms with Crippen molar-refractivity contribution >= 4 is 35.2 Å². The van der Waals surface area contributed by atoms with Gasteiger partial charge in [0.2, 0.25) is 11.4 Å². The smallest absolute Gasteiger partial charge is 0.324 e. The van der Waals surface area contributed by atoms with Crippen LogP contribution < -0.4 is 0 Å². The third kappa shape index (κ3) is 5.20. The van der Waals surface area contributed by atoms with Gasteiger partial charge < -0.3 is 4.48 Å². The van der Waals surface area contributed by atoms with E-state index in [1.807, 2.05) is 72.8 Å². The van der Waals surface area contributed by atoms with Crippen LogP contribution in [0.4, 0.5) is 8.63 Å². The molecule has 5 aromatic carbocycles. The van der Waals surface area contributed by atoms with Gasteiger partial charge in [-0.3, -0.25) is 8.63 Å². The maximum atomic E-state index is 15.6. The van der Waals surface area contributed by atoms with Crippen LogP contribution in [-0.2, 0) is 6.42 Å². The van der Waals surface area contributed by atoms with Crippen molar-refractivity contribution in [3.05, 3.63) is 167 Å². The lowest BCUT2D eigenvalue weighted by Crippen LogP contribution is -2.19. The molecule has 0 aliphatic carbocycles. The van der Waals surface area contributed by atoms with Crippen molar-refractivity contribution in [3.8, 4) is 11.3 Å². The molecule has 0 saturated heterocycles. The van der Waals surface area contributed by atoms with Gasteiger partial charge in [0.15, 0.2) is 0 Å². The lowest BCUT2D eigenvalue weighted by molar-refractivity contribution is -0.390. The molecule has 1 aliphatic heterocycles. The zero-order valence-electron chi connectivity index (χ0n) is 26.3. The van der Waals surface area contributed by atoms with E-state index in [1.165, 1.54) is 4.48 Å². The minimum atomic E-state index is -2.73. The number of aromatic nitrogens is 1. The Labute approximate surface area is 270 Å². The van der Waals surface area contributed by atoms with Gasteiger partial charge >= 0.3 is 7.40 Å². The van der Waals surface area contributed by atoms with Crippen LogP contribution in [0.1, 0.15) is 59.7 Å². The van der Waals surface area contributed by atoms with E-state index in [0.29, 0.717) is 11.4 Å². The predicted octanol–water partition coefficient (Wildman–Crippen LogP) is 10.2. The average molecular weight is 606 g/mol. The minimum absolute atomic E-state index is 0.529. The monoisotopic (exact) mass is 605 g/mol. The first-order valence-electron chi connectivity index (χ1n) is 16.1. The molecule has 2 nitrogen and oxygen atoms in total. The van der Waals surface area contributed by atoms with Crippen LogP contribution in [0, 0.1) is 0 Å². The van der Waals surface area contributed by atoms with Gasteiger partial charge in [0.1, 0.15) is 7.05 Å². The molecule has 0 bridgehead atoms. The van der Waals surface area contributed by atoms with E-state index >= 15 is 8.63 Å². The molecule has 0 spiro atoms. The highest BCUT2D eigenvalue weighted by molar-refractivity contribution is 6.42. The topological polar surface area (TPSA) is 7.94 Å². The third-order valence-corrected chi connectivity index (χ3v) is 9.10. The van der Waals surface area contributed by atoms with Gasteiger partial charge in [0.05, 0.1) is 16.7 Å². The van der Waals surface area contributed by atoms with Gasteiger partial charge in [-0.1, -0.05) is 129 Å². The van der Waals surface area contributed by atoms with Gasteiger partial charge in [-0.25, -0.2) is 0 Å². The molecule has 5 heteroatoms. The first-order chi connectivity index (χ1) is 22.6. The number of fused-ring (bicyclic) bond motifs is 3. The number of unbranched alkanes of at least 4 members (excludes halogenated alkanes) is 2. The number of aryl methyl sites for hydroxylation is 1. The largest absolute Gasteiger partial charge is 0.678 e. The van der Waals surface area contributed by atoms with E-state index < -0.39 is 7.40 Å². The van der Waals surface area contributed by atoms with Crippen LogP contribution in [0.5, 0.6) is 0 Å². The van der Waals surface area contributed by atoms with E-state index in [2.05, 4.69) is 79.2 Å². The number of halogens is 2. The maximum Gasteiger partial charge on any atom is 0.678 e. The van der Waals surface area contributed by atoms with E-state index in [-0.39, 0.29) is 0 Å². The number of hydrogen-bond acceptors (Lipinski definition) is 0. The van der Waals surface area contributed by atoms with Crippen molar-refractivity contribution in [1.82, 2.24) is 4.48 Å². The predicted molar refractivity (Wildman–Crippen MR) is 189 cm³/mol. The summed E-state index contributed by atoms with van der Waals surface area (Å²) < 4.78 is 34.7. The highest BCUT2D eigenvalue weighted by atomic mass is 19.2. The number of benzene rings is 5. The molecular weight excluding hydrogens is 569 g/mol. The summed E-state index contributed by atoms with van der Waals surface area (Å²) in [6.07, 6.45) is 3.80. The lowest BCUT2D eigenvalue weighted by atomic mass is 9.90. The molecular formula is C41H36BF2N2+. The Hall–Kier alpha value is -5.03. The second-order valence-corrected chi connectivity index (χ2v) is 11.9. The summed E-state index contributed by atoms with van der Waals surface area (Å²) in [6, 6.07) is 44.9. The van der Waals surface area contributed by atoms with Gasteiger partial charge in [-0.15, -0.1) is 0 Å². The van der Waals surface area contributed by atoms with Crippen molar-refractivity contribution in [3.63, 3.8) is 0 Å². The lowest BCUT2D eigenvalue weighted by Gasteiger charge is -2.16. The highest BCUT2D eigenvalue weighted by Gasteiger charge is 2.40. The fraction of sp³-hybridized carbons (Fsp3) is 0.146. The SMILES string of the molecule is CCCCCc1cc(/C(=C2/c3ccc4ccccc4c3C(c3ccccc3)=[N+]2C)c2ccccc2)n(B(F)F)c1-c1ccccc1. The summed E-state index contributed by atoms with van der Waals surface area (Å²) in [6.45, 7) is 2.17. The highest BCUT2D eigenvalue weighted by Crippen LogP contribution is 2.44. The maximum absolute atomic E-state index is 15.6. The first-order valence-corrected chi connectivity index (χ1v) is 16.1. The Morgan fingerprint density at radius 1 is 0.717 bits per heavy atom. The van der Waals surface area contributed by atoms with E-state index in [0.717, 1.165) is 86.8 Å². The summed E-state index contributed by atoms with van der Waals surface area (Å²) in [5.41, 5.74) is 9.82. The molecule has 0 saturated carbocycles. The average Bonchev–Trinajstić information content (AvgIpc) is 3.62. The fourth-order valence-electron chi connectivity index (χ4n) is 7.08. The summed E-state index contributed by atoms with van der Waals surface area (Å²) in [5.74, 6) is 0. The molecule has 6 aromatic rings. The molecule has 46 heavy (non-hydrogen) atoms. The zero-order valence-corrected chi connectivity index (χ0v) is 26.3. The molecule has 0 atom stereocenters. The fourth-order valence-corrected chi connectivity index (χ4v) is 7.08. The molecule has 2 heterocycles. The first kappa shape index (κ1) is 29.7. The van der Waals surface area contributed by atoms with Crippen molar-refractivity contribution in [2.75, 3.05) is 7.05 Å². The van der Waals surface area contributed by atoms with Crippen molar-refractivity contribution in [2.45, 2.75) is 32.6 Å². The van der Waals surface area contributed by atoms with E-state index in [9.17, 15) is 0 Å². The molecule has 0 fully saturated rings. The summed E-state index contributed by atoms with van der Waals surface area (Å²) in [4.78, 5) is 0. The quantitative estimate of drug-likeness (QED) is 0.0881. The third-order valence-electron chi connectivity index (χ3n) is 9.10. The van der Waals surface area contributed by atoms with Gasteiger partial charge in [0.25, 0.3) is 0 Å². The number of hydrogen-bond donors (Lipinski definition) is 0. The minimum Gasteiger partial charge on any atom is -0.324 e. The van der Waals surface area contributed by atoms with Crippen LogP contribution in [0.3, 0.4) is 0 Å². The molecule has 1 aromatic heterocycles. The Bertz CT molecular complexity index is 2080. The molecule has 0 radical (unpaired) electrons. The molecule has 226 valence electrons. The van der Waals surface area contributed by atoms with Crippen LogP contribution in [0.2, 0.25) is 0 Å². The summed E-state index contributed by atoms with van der Waals surface area (Å²) in [5, 5.41) is 2.29. The Balaban J connectivity index is 1.62. The van der Waals surface area contributed by atoms with Crippen LogP contribution in [0.25, 0.3) is 33.3 Å². The molecule has 7 rings (SSSR count). The second-order valence-electron chi connectivity index (χ2n) is 11.9. The Kier molecular flexibility index (Phi) is 8.23. The second kappa shape index (κ2) is 12.8. The van der Waals surface area contributed by atoms with Crippen LogP contribution >= 0.6 is 0 Å². The number of rotatable bonds is 9. The van der Waals surface area contributed by atoms with Crippen molar-refractivity contribution < 1.29 is 13.2 Å². The normalized spacial score (nSPS) is 13.7. The standard InChI is InChI=1S/C41H36BF2N2/c1-3-4-8-24-33-28-36(46(42(43)44)39(33)31-20-11-6-12-21-31)37(30-18-9-5-10-19-30)41-35-27-26-29-17-15-16-25-34(29)38(35)40(45(41)2)32-22-13-7-14-23-32/h5-7,9-23,25-28H,3-4,8,24H2,1-2H3/q+1. The Morgan fingerprint density at radius 3 is 2.02 bits per heavy atom. The molecule has 0 amide bonds.